The lowest BCUT2D eigenvalue weighted by Gasteiger charge is -2.22. The molecular formula is C16H18N2O3. The number of aromatic nitrogens is 1. The third kappa shape index (κ3) is 2.51. The molecule has 0 unspecified atom stereocenters. The van der Waals surface area contributed by atoms with Crippen LogP contribution in [0.5, 0.6) is 5.75 Å². The van der Waals surface area contributed by atoms with Crippen molar-refractivity contribution in [3.8, 4) is 5.75 Å². The van der Waals surface area contributed by atoms with Crippen molar-refractivity contribution in [3.05, 3.63) is 41.3 Å². The Morgan fingerprint density at radius 1 is 1.38 bits per heavy atom. The average molecular weight is 286 g/mol. The van der Waals surface area contributed by atoms with Crippen molar-refractivity contribution in [1.29, 1.82) is 0 Å². The van der Waals surface area contributed by atoms with Crippen LogP contribution in [-0.4, -0.2) is 24.7 Å². The maximum atomic E-state index is 12.7. The van der Waals surface area contributed by atoms with Gasteiger partial charge in [-0.15, -0.1) is 0 Å². The molecule has 1 aliphatic rings. The molecule has 0 N–H and O–H groups in total. The smallest absolute Gasteiger partial charge is 0.296 e. The number of rotatable bonds is 2. The number of aryl methyl sites for hydroxylation is 1. The molecule has 5 heteroatoms. The number of anilines is 1. The van der Waals surface area contributed by atoms with Crippen molar-refractivity contribution >= 4 is 11.6 Å². The van der Waals surface area contributed by atoms with Crippen LogP contribution < -0.4 is 9.64 Å². The summed E-state index contributed by atoms with van der Waals surface area (Å²) in [7, 11) is 1.66. The number of carbonyl (C=O) groups is 1. The first kappa shape index (κ1) is 13.7. The minimum absolute atomic E-state index is 0.146. The monoisotopic (exact) mass is 286 g/mol. The third-order valence-corrected chi connectivity index (χ3v) is 3.76. The van der Waals surface area contributed by atoms with E-state index in [4.69, 9.17) is 9.26 Å². The zero-order chi connectivity index (χ0) is 14.8. The molecule has 3 rings (SSSR count). The highest BCUT2D eigenvalue weighted by molar-refractivity contribution is 6.04. The number of hydrogen-bond donors (Lipinski definition) is 0. The molecule has 21 heavy (non-hydrogen) atoms. The van der Waals surface area contributed by atoms with Crippen LogP contribution in [0, 0.1) is 6.92 Å². The largest absolute Gasteiger partial charge is 0.496 e. The second-order valence-electron chi connectivity index (χ2n) is 5.20. The van der Waals surface area contributed by atoms with Crippen LogP contribution >= 0.6 is 0 Å². The molecule has 0 atom stereocenters. The van der Waals surface area contributed by atoms with Gasteiger partial charge < -0.3 is 14.2 Å². The Hall–Kier alpha value is -2.30. The summed E-state index contributed by atoms with van der Waals surface area (Å²) in [5, 5.41) is 3.80. The summed E-state index contributed by atoms with van der Waals surface area (Å²) in [6.07, 6.45) is 2.90. The fourth-order valence-electron chi connectivity index (χ4n) is 2.75. The molecule has 1 aromatic carbocycles. The zero-order valence-corrected chi connectivity index (χ0v) is 12.3. The maximum Gasteiger partial charge on any atom is 0.296 e. The van der Waals surface area contributed by atoms with Gasteiger partial charge in [-0.3, -0.25) is 4.79 Å². The van der Waals surface area contributed by atoms with Gasteiger partial charge >= 0.3 is 0 Å². The lowest BCUT2D eigenvalue weighted by molar-refractivity contribution is 0.0951. The Kier molecular flexibility index (Phi) is 3.64. The standard InChI is InChI=1S/C16H18N2O3/c1-11-10-15(21-17-11)16(19)18-9-4-3-6-12-13(18)7-5-8-14(12)20-2/h5,7-8,10H,3-4,6,9H2,1-2H3. The van der Waals surface area contributed by atoms with E-state index in [1.165, 1.54) is 0 Å². The Bertz CT molecular complexity index is 663. The lowest BCUT2D eigenvalue weighted by atomic mass is 10.1. The molecule has 5 nitrogen and oxygen atoms in total. The van der Waals surface area contributed by atoms with E-state index in [0.717, 1.165) is 36.3 Å². The molecule has 2 heterocycles. The normalized spacial score (nSPS) is 14.5. The van der Waals surface area contributed by atoms with Crippen LogP contribution in [0.25, 0.3) is 0 Å². The van der Waals surface area contributed by atoms with E-state index < -0.39 is 0 Å². The number of carbonyl (C=O) groups excluding carboxylic acids is 1. The van der Waals surface area contributed by atoms with Crippen LogP contribution in [0.15, 0.2) is 28.8 Å². The van der Waals surface area contributed by atoms with Crippen molar-refractivity contribution in [2.75, 3.05) is 18.6 Å². The van der Waals surface area contributed by atoms with E-state index in [0.29, 0.717) is 12.2 Å². The molecule has 0 aliphatic carbocycles. The van der Waals surface area contributed by atoms with Crippen LogP contribution in [-0.2, 0) is 6.42 Å². The Balaban J connectivity index is 2.02. The summed E-state index contributed by atoms with van der Waals surface area (Å²) in [5.41, 5.74) is 2.70. The number of benzene rings is 1. The molecule has 0 radical (unpaired) electrons. The summed E-state index contributed by atoms with van der Waals surface area (Å²) in [4.78, 5) is 14.4. The molecule has 0 saturated carbocycles. The fraction of sp³-hybridized carbons (Fsp3) is 0.375. The van der Waals surface area contributed by atoms with Gasteiger partial charge in [0.2, 0.25) is 5.76 Å². The predicted octanol–water partition coefficient (Wildman–Crippen LogP) is 2.97. The summed E-state index contributed by atoms with van der Waals surface area (Å²) in [6, 6.07) is 7.48. The highest BCUT2D eigenvalue weighted by Crippen LogP contribution is 2.34. The van der Waals surface area contributed by atoms with E-state index in [2.05, 4.69) is 5.16 Å². The SMILES string of the molecule is COc1cccc2c1CCCCN2C(=O)c1cc(C)no1. The van der Waals surface area contributed by atoms with Crippen molar-refractivity contribution in [3.63, 3.8) is 0 Å². The molecule has 1 aliphatic heterocycles. The molecule has 0 bridgehead atoms. The van der Waals surface area contributed by atoms with Gasteiger partial charge in [-0.1, -0.05) is 11.2 Å². The maximum absolute atomic E-state index is 12.7. The molecule has 2 aromatic rings. The van der Waals surface area contributed by atoms with Crippen LogP contribution in [0.2, 0.25) is 0 Å². The lowest BCUT2D eigenvalue weighted by Crippen LogP contribution is -2.31. The Labute approximate surface area is 123 Å². The topological polar surface area (TPSA) is 55.6 Å². The van der Waals surface area contributed by atoms with E-state index in [9.17, 15) is 4.79 Å². The number of methoxy groups -OCH3 is 1. The number of nitrogens with zero attached hydrogens (tertiary/aromatic N) is 2. The van der Waals surface area contributed by atoms with Crippen molar-refractivity contribution in [2.45, 2.75) is 26.2 Å². The predicted molar refractivity (Wildman–Crippen MR) is 78.8 cm³/mol. The minimum atomic E-state index is -0.146. The summed E-state index contributed by atoms with van der Waals surface area (Å²) in [5.74, 6) is 0.969. The fourth-order valence-corrected chi connectivity index (χ4v) is 2.75. The van der Waals surface area contributed by atoms with Gasteiger partial charge in [-0.25, -0.2) is 0 Å². The molecular weight excluding hydrogens is 268 g/mol. The highest BCUT2D eigenvalue weighted by Gasteiger charge is 2.26. The first-order valence-corrected chi connectivity index (χ1v) is 7.12. The van der Waals surface area contributed by atoms with Gasteiger partial charge in [-0.05, 0) is 38.3 Å². The van der Waals surface area contributed by atoms with Crippen LogP contribution in [0.1, 0.15) is 34.7 Å². The van der Waals surface area contributed by atoms with E-state index in [-0.39, 0.29) is 11.7 Å². The summed E-state index contributed by atoms with van der Waals surface area (Å²) >= 11 is 0. The van der Waals surface area contributed by atoms with Gasteiger partial charge in [0.15, 0.2) is 0 Å². The number of hydrogen-bond acceptors (Lipinski definition) is 4. The van der Waals surface area contributed by atoms with Gasteiger partial charge in [0.1, 0.15) is 5.75 Å². The van der Waals surface area contributed by atoms with E-state index in [1.54, 1.807) is 25.0 Å². The number of amides is 1. The minimum Gasteiger partial charge on any atom is -0.496 e. The van der Waals surface area contributed by atoms with Crippen molar-refractivity contribution in [1.82, 2.24) is 5.16 Å². The van der Waals surface area contributed by atoms with Crippen LogP contribution in [0.4, 0.5) is 5.69 Å². The number of ether oxygens (including phenoxy) is 1. The highest BCUT2D eigenvalue weighted by atomic mass is 16.5. The third-order valence-electron chi connectivity index (χ3n) is 3.76. The van der Waals surface area contributed by atoms with E-state index >= 15 is 0 Å². The average Bonchev–Trinajstić information content (AvgIpc) is 2.81. The molecule has 0 saturated heterocycles. The quantitative estimate of drug-likeness (QED) is 0.851. The summed E-state index contributed by atoms with van der Waals surface area (Å²) in [6.45, 7) is 2.48. The first-order chi connectivity index (χ1) is 10.2. The summed E-state index contributed by atoms with van der Waals surface area (Å²) < 4.78 is 10.6. The second kappa shape index (κ2) is 5.60. The van der Waals surface area contributed by atoms with E-state index in [1.807, 2.05) is 18.2 Å². The van der Waals surface area contributed by atoms with Gasteiger partial charge in [0, 0.05) is 18.2 Å². The van der Waals surface area contributed by atoms with Crippen LogP contribution in [0.3, 0.4) is 0 Å². The molecule has 1 aromatic heterocycles. The Morgan fingerprint density at radius 2 is 2.24 bits per heavy atom. The molecule has 1 amide bonds. The van der Waals surface area contributed by atoms with Crippen molar-refractivity contribution in [2.24, 2.45) is 0 Å². The van der Waals surface area contributed by atoms with Gasteiger partial charge in [0.25, 0.3) is 5.91 Å². The zero-order valence-electron chi connectivity index (χ0n) is 12.3. The molecule has 110 valence electrons. The number of fused-ring (bicyclic) bond motifs is 1. The second-order valence-corrected chi connectivity index (χ2v) is 5.20. The first-order valence-electron chi connectivity index (χ1n) is 7.12. The van der Waals surface area contributed by atoms with Gasteiger partial charge in [-0.2, -0.15) is 0 Å². The Morgan fingerprint density at radius 3 is 2.95 bits per heavy atom. The molecule has 0 fully saturated rings. The van der Waals surface area contributed by atoms with Crippen molar-refractivity contribution < 1.29 is 14.1 Å². The molecule has 0 spiro atoms. The van der Waals surface area contributed by atoms with Gasteiger partial charge in [0.05, 0.1) is 18.5 Å².